The molecule has 0 saturated carbocycles. The van der Waals surface area contributed by atoms with E-state index in [0.29, 0.717) is 55.4 Å². The number of likely N-dealkylation sites (tertiary alicyclic amines) is 1. The number of aliphatic hydroxyl groups excluding tert-OH is 1. The van der Waals surface area contributed by atoms with Crippen LogP contribution in [0.5, 0.6) is 0 Å². The van der Waals surface area contributed by atoms with E-state index in [9.17, 15) is 23.1 Å². The summed E-state index contributed by atoms with van der Waals surface area (Å²) in [5.74, 6) is -1.29. The molecule has 0 radical (unpaired) electrons. The molecule has 0 spiro atoms. The van der Waals surface area contributed by atoms with Crippen molar-refractivity contribution >= 4 is 56.4 Å². The number of sulfone groups is 1. The number of benzene rings is 2. The van der Waals surface area contributed by atoms with Gasteiger partial charge in [-0.05, 0) is 47.9 Å². The summed E-state index contributed by atoms with van der Waals surface area (Å²) in [5, 5.41) is 12.6. The Morgan fingerprint density at radius 2 is 1.78 bits per heavy atom. The molecular formula is C24H28Cl2N4O5S. The van der Waals surface area contributed by atoms with Crippen LogP contribution in [0.25, 0.3) is 10.8 Å². The molecule has 2 saturated heterocycles. The first-order valence-corrected chi connectivity index (χ1v) is 13.5. The van der Waals surface area contributed by atoms with Gasteiger partial charge in [-0.25, -0.2) is 8.42 Å². The average Bonchev–Trinajstić information content (AvgIpc) is 3.34. The van der Waals surface area contributed by atoms with Crippen molar-refractivity contribution in [1.82, 2.24) is 19.6 Å². The number of nitrogens with zero attached hydrogens (tertiary/aromatic N) is 4. The number of amides is 2. The lowest BCUT2D eigenvalue weighted by Gasteiger charge is -2.37. The van der Waals surface area contributed by atoms with Crippen molar-refractivity contribution in [3.63, 3.8) is 0 Å². The highest BCUT2D eigenvalue weighted by atomic mass is 35.5. The smallest absolute Gasteiger partial charge is 0.273 e. The fourth-order valence-corrected chi connectivity index (χ4v) is 6.55. The van der Waals surface area contributed by atoms with E-state index in [-0.39, 0.29) is 29.3 Å². The Hall–Kier alpha value is -2.53. The molecule has 3 aliphatic rings. The van der Waals surface area contributed by atoms with Crippen LogP contribution >= 0.6 is 24.0 Å². The lowest BCUT2D eigenvalue weighted by Crippen LogP contribution is -2.51. The number of hydrogen-bond acceptors (Lipinski definition) is 7. The zero-order chi connectivity index (χ0) is 24.9. The summed E-state index contributed by atoms with van der Waals surface area (Å²) in [6.07, 6.45) is 1.36. The molecule has 3 heterocycles. The van der Waals surface area contributed by atoms with E-state index in [1.165, 1.54) is 17.0 Å². The van der Waals surface area contributed by atoms with E-state index >= 15 is 0 Å². The van der Waals surface area contributed by atoms with E-state index in [1.807, 2.05) is 27.9 Å². The highest BCUT2D eigenvalue weighted by molar-refractivity contribution is 7.91. The van der Waals surface area contributed by atoms with Crippen LogP contribution in [0.1, 0.15) is 12.8 Å². The molecule has 2 fully saturated rings. The minimum Gasteiger partial charge on any atom is -0.382 e. The maximum absolute atomic E-state index is 12.9. The molecule has 1 unspecified atom stereocenters. The van der Waals surface area contributed by atoms with Crippen molar-refractivity contribution in [3.8, 4) is 0 Å². The first kappa shape index (κ1) is 26.5. The minimum absolute atomic E-state index is 0. The van der Waals surface area contributed by atoms with Crippen LogP contribution in [0, 0.1) is 0 Å². The zero-order valence-electron chi connectivity index (χ0n) is 19.7. The monoisotopic (exact) mass is 554 g/mol. The summed E-state index contributed by atoms with van der Waals surface area (Å²) < 4.78 is 25.8. The van der Waals surface area contributed by atoms with Crippen molar-refractivity contribution in [3.05, 3.63) is 53.3 Å². The van der Waals surface area contributed by atoms with Gasteiger partial charge in [0.05, 0.1) is 24.0 Å². The van der Waals surface area contributed by atoms with Crippen molar-refractivity contribution in [1.29, 1.82) is 0 Å². The quantitative estimate of drug-likeness (QED) is 0.602. The third-order valence-corrected chi connectivity index (χ3v) is 8.85. The van der Waals surface area contributed by atoms with Gasteiger partial charge >= 0.3 is 0 Å². The van der Waals surface area contributed by atoms with Gasteiger partial charge in [-0.2, -0.15) is 0 Å². The summed E-state index contributed by atoms with van der Waals surface area (Å²) in [6, 6.07) is 9.80. The molecule has 3 aliphatic heterocycles. The number of carbonyl (C=O) groups excluding carboxylic acids is 2. The highest BCUT2D eigenvalue weighted by Gasteiger charge is 2.41. The Kier molecular flexibility index (Phi) is 7.43. The number of aliphatic hydroxyl groups is 1. The van der Waals surface area contributed by atoms with Crippen LogP contribution in [0.3, 0.4) is 0 Å². The van der Waals surface area contributed by atoms with E-state index in [2.05, 4.69) is 0 Å². The van der Waals surface area contributed by atoms with Crippen LogP contribution in [-0.4, -0.2) is 96.3 Å². The van der Waals surface area contributed by atoms with Crippen LogP contribution in [0.4, 0.5) is 0 Å². The lowest BCUT2D eigenvalue weighted by molar-refractivity contribution is -0.141. The van der Waals surface area contributed by atoms with Gasteiger partial charge in [0.15, 0.2) is 9.84 Å². The van der Waals surface area contributed by atoms with Gasteiger partial charge in [-0.15, -0.1) is 12.4 Å². The molecule has 1 N–H and O–H groups in total. The number of fused-ring (bicyclic) bond motifs is 2. The molecule has 12 heteroatoms. The third kappa shape index (κ3) is 5.00. The summed E-state index contributed by atoms with van der Waals surface area (Å²) in [5.41, 5.74) is 0.698. The fourth-order valence-electron chi connectivity index (χ4n) is 5.04. The van der Waals surface area contributed by atoms with Crippen LogP contribution in [0.15, 0.2) is 53.2 Å². The standard InChI is InChI=1S/C24H27ClN4O5S.ClH/c1-26-12-21-23(31)29(15-28(21)14-26)19-6-8-27(9-7-19)24(32)22(30)13-35(33,34)20-5-3-16-10-18(25)4-2-17(16)11-20;/h2-5,10-12,19,22,30H,6-9,13-15H2,1H3;1H. The van der Waals surface area contributed by atoms with Crippen molar-refractivity contribution in [2.45, 2.75) is 29.9 Å². The average molecular weight is 555 g/mol. The molecule has 9 nitrogen and oxygen atoms in total. The van der Waals surface area contributed by atoms with Gasteiger partial charge in [0, 0.05) is 37.4 Å². The molecule has 194 valence electrons. The summed E-state index contributed by atoms with van der Waals surface area (Å²) in [4.78, 5) is 33.0. The lowest BCUT2D eigenvalue weighted by atomic mass is 10.0. The third-order valence-electron chi connectivity index (χ3n) is 6.89. The van der Waals surface area contributed by atoms with E-state index in [1.54, 1.807) is 24.3 Å². The van der Waals surface area contributed by atoms with Crippen LogP contribution in [0.2, 0.25) is 5.02 Å². The summed E-state index contributed by atoms with van der Waals surface area (Å²) >= 11 is 5.99. The maximum Gasteiger partial charge on any atom is 0.273 e. The summed E-state index contributed by atoms with van der Waals surface area (Å²) in [6.45, 7) is 1.94. The topological polar surface area (TPSA) is 101 Å². The van der Waals surface area contributed by atoms with Crippen LogP contribution in [-0.2, 0) is 19.4 Å². The van der Waals surface area contributed by atoms with Gasteiger partial charge in [0.1, 0.15) is 11.8 Å². The Bertz CT molecular complexity index is 1330. The van der Waals surface area contributed by atoms with Gasteiger partial charge in [-0.1, -0.05) is 23.7 Å². The molecule has 0 aliphatic carbocycles. The normalized spacial score (nSPS) is 19.4. The van der Waals surface area contributed by atoms with Crippen molar-refractivity contribution in [2.75, 3.05) is 39.2 Å². The zero-order valence-corrected chi connectivity index (χ0v) is 22.1. The van der Waals surface area contributed by atoms with E-state index in [0.717, 1.165) is 5.39 Å². The molecule has 2 aromatic rings. The van der Waals surface area contributed by atoms with Gasteiger partial charge < -0.3 is 24.7 Å². The molecule has 1 atom stereocenters. The minimum atomic E-state index is -3.89. The molecule has 0 bridgehead atoms. The Labute approximate surface area is 221 Å². The molecule has 5 rings (SSSR count). The second-order valence-electron chi connectivity index (χ2n) is 9.38. The van der Waals surface area contributed by atoms with E-state index in [4.69, 9.17) is 11.6 Å². The Morgan fingerprint density at radius 1 is 1.11 bits per heavy atom. The Balaban J connectivity index is 0.00000304. The first-order chi connectivity index (χ1) is 16.6. The van der Waals surface area contributed by atoms with Gasteiger partial charge in [0.2, 0.25) is 0 Å². The molecular weight excluding hydrogens is 527 g/mol. The van der Waals surface area contributed by atoms with Crippen LogP contribution < -0.4 is 0 Å². The number of halogens is 2. The van der Waals surface area contributed by atoms with Crippen molar-refractivity contribution < 1.29 is 23.1 Å². The number of rotatable bonds is 5. The fraction of sp³-hybridized carbons (Fsp3) is 0.417. The predicted octanol–water partition coefficient (Wildman–Crippen LogP) is 1.89. The largest absolute Gasteiger partial charge is 0.382 e. The molecule has 2 amide bonds. The highest BCUT2D eigenvalue weighted by Crippen LogP contribution is 2.29. The molecule has 2 aromatic carbocycles. The van der Waals surface area contributed by atoms with Crippen molar-refractivity contribution in [2.24, 2.45) is 0 Å². The maximum atomic E-state index is 12.9. The SMILES string of the molecule is CN1C=C2C(=O)N(C3CCN(C(=O)C(O)CS(=O)(=O)c4ccc5cc(Cl)ccc5c4)CC3)CN2C1.Cl. The number of carbonyl (C=O) groups is 2. The second kappa shape index (κ2) is 10.1. The molecule has 0 aromatic heterocycles. The number of hydrogen-bond donors (Lipinski definition) is 1. The first-order valence-electron chi connectivity index (χ1n) is 11.5. The van der Waals surface area contributed by atoms with Gasteiger partial charge in [-0.3, -0.25) is 9.59 Å². The summed E-state index contributed by atoms with van der Waals surface area (Å²) in [7, 11) is -1.96. The Morgan fingerprint density at radius 3 is 2.47 bits per heavy atom. The molecule has 36 heavy (non-hydrogen) atoms. The van der Waals surface area contributed by atoms with E-state index < -0.39 is 27.6 Å². The second-order valence-corrected chi connectivity index (χ2v) is 11.8. The van der Waals surface area contributed by atoms with Gasteiger partial charge in [0.25, 0.3) is 11.8 Å². The number of piperidine rings is 1. The predicted molar refractivity (Wildman–Crippen MR) is 138 cm³/mol.